The first kappa shape index (κ1) is 10.7. The molecule has 0 spiro atoms. The molecule has 4 nitrogen and oxygen atoms in total. The van der Waals surface area contributed by atoms with Crippen LogP contribution in [-0.4, -0.2) is 21.1 Å². The van der Waals surface area contributed by atoms with Gasteiger partial charge in [-0.3, -0.25) is 4.79 Å². The van der Waals surface area contributed by atoms with Crippen molar-refractivity contribution < 1.29 is 13.2 Å². The molecule has 0 saturated heterocycles. The molecule has 1 N–H and O–H groups in total. The summed E-state index contributed by atoms with van der Waals surface area (Å²) in [6.45, 7) is 0.355. The molecule has 1 amide bonds. The number of benzene rings is 1. The Labute approximate surface area is 82.9 Å². The number of amides is 1. The lowest BCUT2D eigenvalue weighted by Gasteiger charge is -2.01. The Morgan fingerprint density at radius 3 is 2.29 bits per heavy atom. The van der Waals surface area contributed by atoms with Crippen LogP contribution in [0.2, 0.25) is 0 Å². The van der Waals surface area contributed by atoms with Gasteiger partial charge in [-0.15, -0.1) is 0 Å². The SMILES string of the molecule is CS(=O)(=O)c1ccc(CN[C]=O)cc1. The van der Waals surface area contributed by atoms with E-state index < -0.39 is 9.84 Å². The zero-order valence-corrected chi connectivity index (χ0v) is 8.47. The number of hydrogen-bond donors (Lipinski definition) is 1. The largest absolute Gasteiger partial charge is 0.344 e. The van der Waals surface area contributed by atoms with Gasteiger partial charge in [0.1, 0.15) is 0 Å². The van der Waals surface area contributed by atoms with Crippen LogP contribution in [-0.2, 0) is 21.2 Å². The maximum Gasteiger partial charge on any atom is 0.309 e. The molecule has 0 unspecified atom stereocenters. The van der Waals surface area contributed by atoms with E-state index in [-0.39, 0.29) is 4.90 Å². The fourth-order valence-corrected chi connectivity index (χ4v) is 1.62. The van der Waals surface area contributed by atoms with Crippen molar-refractivity contribution in [2.24, 2.45) is 0 Å². The smallest absolute Gasteiger partial charge is 0.309 e. The minimum atomic E-state index is -3.14. The van der Waals surface area contributed by atoms with Gasteiger partial charge < -0.3 is 5.32 Å². The second-order valence-electron chi connectivity index (χ2n) is 2.87. The van der Waals surface area contributed by atoms with Crippen LogP contribution in [0.25, 0.3) is 0 Å². The van der Waals surface area contributed by atoms with Gasteiger partial charge in [-0.25, -0.2) is 8.42 Å². The van der Waals surface area contributed by atoms with E-state index in [4.69, 9.17) is 0 Å². The normalized spacial score (nSPS) is 10.9. The van der Waals surface area contributed by atoms with E-state index >= 15 is 0 Å². The van der Waals surface area contributed by atoms with E-state index in [0.29, 0.717) is 6.54 Å². The van der Waals surface area contributed by atoms with Gasteiger partial charge in [-0.05, 0) is 17.7 Å². The van der Waals surface area contributed by atoms with Crippen LogP contribution in [0.3, 0.4) is 0 Å². The van der Waals surface area contributed by atoms with Gasteiger partial charge in [0.25, 0.3) is 0 Å². The van der Waals surface area contributed by atoms with Crippen LogP contribution in [0, 0.1) is 0 Å². The lowest BCUT2D eigenvalue weighted by Crippen LogP contribution is -2.09. The van der Waals surface area contributed by atoms with E-state index in [9.17, 15) is 13.2 Å². The molecule has 75 valence electrons. The Bertz CT molecular complexity index is 408. The van der Waals surface area contributed by atoms with Crippen molar-refractivity contribution >= 4 is 16.2 Å². The number of rotatable bonds is 4. The molecule has 0 aliphatic carbocycles. The monoisotopic (exact) mass is 212 g/mol. The molecular weight excluding hydrogens is 202 g/mol. The first-order valence-corrected chi connectivity index (χ1v) is 5.82. The Hall–Kier alpha value is -1.36. The van der Waals surface area contributed by atoms with Crippen molar-refractivity contribution in [3.8, 4) is 0 Å². The van der Waals surface area contributed by atoms with E-state index in [2.05, 4.69) is 5.32 Å². The van der Waals surface area contributed by atoms with Crippen LogP contribution >= 0.6 is 0 Å². The number of carbonyl (C=O) groups excluding carboxylic acids is 1. The molecule has 0 aliphatic rings. The lowest BCUT2D eigenvalue weighted by atomic mass is 10.2. The summed E-state index contributed by atoms with van der Waals surface area (Å²) in [6, 6.07) is 6.33. The minimum Gasteiger partial charge on any atom is -0.344 e. The second kappa shape index (κ2) is 4.23. The highest BCUT2D eigenvalue weighted by Gasteiger charge is 2.05. The molecule has 0 atom stereocenters. The molecule has 0 fully saturated rings. The highest BCUT2D eigenvalue weighted by atomic mass is 32.2. The fourth-order valence-electron chi connectivity index (χ4n) is 0.993. The van der Waals surface area contributed by atoms with E-state index in [0.717, 1.165) is 11.8 Å². The summed E-state index contributed by atoms with van der Waals surface area (Å²) < 4.78 is 22.2. The highest BCUT2D eigenvalue weighted by Crippen LogP contribution is 2.09. The molecule has 1 aromatic carbocycles. The summed E-state index contributed by atoms with van der Waals surface area (Å²) >= 11 is 0. The zero-order chi connectivity index (χ0) is 10.6. The Morgan fingerprint density at radius 2 is 1.86 bits per heavy atom. The third-order valence-corrected chi connectivity index (χ3v) is 2.84. The van der Waals surface area contributed by atoms with Crippen molar-refractivity contribution in [3.05, 3.63) is 29.8 Å². The quantitative estimate of drug-likeness (QED) is 0.727. The van der Waals surface area contributed by atoms with Crippen LogP contribution in [0.4, 0.5) is 0 Å². The van der Waals surface area contributed by atoms with Gasteiger partial charge in [-0.2, -0.15) is 0 Å². The average Bonchev–Trinajstić information content (AvgIpc) is 2.14. The fraction of sp³-hybridized carbons (Fsp3) is 0.222. The zero-order valence-electron chi connectivity index (χ0n) is 7.65. The Balaban J connectivity index is 2.84. The standard InChI is InChI=1S/C9H10NO3S/c1-14(12,13)9-4-2-8(3-5-9)6-10-7-11/h2-5H,6H2,1H3,(H,10,11). The third kappa shape index (κ3) is 2.85. The van der Waals surface area contributed by atoms with Gasteiger partial charge in [-0.1, -0.05) is 12.1 Å². The van der Waals surface area contributed by atoms with Crippen molar-refractivity contribution in [1.29, 1.82) is 0 Å². The molecule has 5 heteroatoms. The van der Waals surface area contributed by atoms with Crippen molar-refractivity contribution in [1.82, 2.24) is 5.32 Å². The summed E-state index contributed by atoms with van der Waals surface area (Å²) in [6.07, 6.45) is 2.70. The molecule has 0 heterocycles. The second-order valence-corrected chi connectivity index (χ2v) is 4.89. The molecule has 0 saturated carbocycles. The maximum absolute atomic E-state index is 11.1. The molecule has 0 bridgehead atoms. The Morgan fingerprint density at radius 1 is 1.29 bits per heavy atom. The average molecular weight is 212 g/mol. The number of nitrogens with one attached hydrogen (secondary N) is 1. The summed E-state index contributed by atoms with van der Waals surface area (Å²) in [4.78, 5) is 10.1. The lowest BCUT2D eigenvalue weighted by molar-refractivity contribution is 0.542. The van der Waals surface area contributed by atoms with Gasteiger partial charge in [0.2, 0.25) is 0 Å². The third-order valence-electron chi connectivity index (χ3n) is 1.72. The molecule has 1 radical (unpaired) electrons. The first-order chi connectivity index (χ1) is 6.54. The predicted octanol–water partition coefficient (Wildman–Crippen LogP) is 0.247. The molecule has 1 rings (SSSR count). The summed E-state index contributed by atoms with van der Waals surface area (Å²) in [5.41, 5.74) is 0.834. The highest BCUT2D eigenvalue weighted by molar-refractivity contribution is 7.90. The molecular formula is C9H10NO3S. The van der Waals surface area contributed by atoms with Crippen molar-refractivity contribution in [3.63, 3.8) is 0 Å². The molecule has 1 aromatic rings. The topological polar surface area (TPSA) is 63.2 Å². The van der Waals surface area contributed by atoms with Gasteiger partial charge in [0.05, 0.1) is 4.90 Å². The molecule has 0 aromatic heterocycles. The minimum absolute atomic E-state index is 0.274. The van der Waals surface area contributed by atoms with Crippen LogP contribution in [0.1, 0.15) is 5.56 Å². The van der Waals surface area contributed by atoms with Crippen LogP contribution < -0.4 is 5.32 Å². The van der Waals surface area contributed by atoms with E-state index in [1.807, 2.05) is 0 Å². The molecule has 0 aliphatic heterocycles. The first-order valence-electron chi connectivity index (χ1n) is 3.93. The predicted molar refractivity (Wildman–Crippen MR) is 52.1 cm³/mol. The number of hydrogen-bond acceptors (Lipinski definition) is 3. The summed E-state index contributed by atoms with van der Waals surface area (Å²) in [5, 5.41) is 2.37. The van der Waals surface area contributed by atoms with Crippen LogP contribution in [0.15, 0.2) is 29.2 Å². The summed E-state index contributed by atoms with van der Waals surface area (Å²) in [7, 11) is -3.14. The summed E-state index contributed by atoms with van der Waals surface area (Å²) in [5.74, 6) is 0. The van der Waals surface area contributed by atoms with Gasteiger partial charge in [0, 0.05) is 12.8 Å². The maximum atomic E-state index is 11.1. The van der Waals surface area contributed by atoms with Crippen molar-refractivity contribution in [2.45, 2.75) is 11.4 Å². The number of sulfone groups is 1. The van der Waals surface area contributed by atoms with E-state index in [1.54, 1.807) is 18.5 Å². The molecule has 14 heavy (non-hydrogen) atoms. The van der Waals surface area contributed by atoms with E-state index in [1.165, 1.54) is 12.1 Å². The Kier molecular flexibility index (Phi) is 3.24. The van der Waals surface area contributed by atoms with Gasteiger partial charge in [0.15, 0.2) is 9.84 Å². The van der Waals surface area contributed by atoms with Gasteiger partial charge >= 0.3 is 6.41 Å². The van der Waals surface area contributed by atoms with Crippen molar-refractivity contribution in [2.75, 3.05) is 6.26 Å². The van der Waals surface area contributed by atoms with Crippen LogP contribution in [0.5, 0.6) is 0 Å².